The molecule has 1 aliphatic rings. The molecule has 1 N–H and O–H groups in total. The minimum Gasteiger partial charge on any atom is -0.395 e. The van der Waals surface area contributed by atoms with Crippen LogP contribution in [0.3, 0.4) is 0 Å². The lowest BCUT2D eigenvalue weighted by molar-refractivity contribution is 0.0556. The molecule has 2 aromatic heterocycles. The highest BCUT2D eigenvalue weighted by atomic mass is 16.3. The van der Waals surface area contributed by atoms with Gasteiger partial charge in [0.25, 0.3) is 0 Å². The first kappa shape index (κ1) is 23.2. The lowest BCUT2D eigenvalue weighted by Gasteiger charge is -2.44. The molecule has 1 saturated heterocycles. The Kier molecular flexibility index (Phi) is 6.38. The zero-order valence-corrected chi connectivity index (χ0v) is 20.4. The van der Waals surface area contributed by atoms with Crippen LogP contribution in [0.1, 0.15) is 48.1 Å². The van der Waals surface area contributed by atoms with Gasteiger partial charge in [-0.3, -0.25) is 9.88 Å². The predicted octanol–water partition coefficient (Wildman–Crippen LogP) is 4.57. The molecule has 4 aromatic rings. The second-order valence-corrected chi connectivity index (χ2v) is 9.79. The Morgan fingerprint density at radius 2 is 1.89 bits per heavy atom. The van der Waals surface area contributed by atoms with E-state index >= 15 is 0 Å². The van der Waals surface area contributed by atoms with Gasteiger partial charge in [-0.1, -0.05) is 36.4 Å². The molecule has 1 aliphatic heterocycles. The van der Waals surface area contributed by atoms with Crippen LogP contribution in [0.2, 0.25) is 0 Å². The third kappa shape index (κ3) is 4.58. The van der Waals surface area contributed by atoms with E-state index in [0.29, 0.717) is 11.6 Å². The molecule has 0 saturated carbocycles. The fourth-order valence-corrected chi connectivity index (χ4v) is 5.36. The van der Waals surface area contributed by atoms with Gasteiger partial charge in [-0.05, 0) is 63.1 Å². The van der Waals surface area contributed by atoms with Crippen molar-refractivity contribution < 1.29 is 5.11 Å². The van der Waals surface area contributed by atoms with E-state index < -0.39 is 0 Å². The number of hydrogen-bond donors (Lipinski definition) is 1. The van der Waals surface area contributed by atoms with Crippen LogP contribution < -0.4 is 0 Å². The summed E-state index contributed by atoms with van der Waals surface area (Å²) in [5, 5.41) is 20.7. The summed E-state index contributed by atoms with van der Waals surface area (Å²) in [4.78, 5) is 12.0. The number of para-hydroxylation sites is 1. The molecule has 6 heteroatoms. The number of likely N-dealkylation sites (tertiary alicyclic amines) is 1. The maximum absolute atomic E-state index is 10.5. The number of aryl methyl sites for hydroxylation is 1. The monoisotopic (exact) mass is 465 g/mol. The quantitative estimate of drug-likeness (QED) is 0.451. The highest BCUT2D eigenvalue weighted by molar-refractivity contribution is 5.78. The smallest absolute Gasteiger partial charge is 0.106 e. The predicted molar refractivity (Wildman–Crippen MR) is 137 cm³/mol. The molecule has 0 bridgehead atoms. The molecule has 178 valence electrons. The van der Waals surface area contributed by atoms with Crippen LogP contribution in [-0.2, 0) is 18.5 Å². The van der Waals surface area contributed by atoms with Crippen LogP contribution in [-0.4, -0.2) is 43.7 Å². The average Bonchev–Trinajstić information content (AvgIpc) is 3.24. The fourth-order valence-electron chi connectivity index (χ4n) is 5.36. The lowest BCUT2D eigenvalue weighted by Crippen LogP contribution is -2.49. The van der Waals surface area contributed by atoms with Crippen LogP contribution >= 0.6 is 0 Å². The molecule has 5 rings (SSSR count). The van der Waals surface area contributed by atoms with Crippen molar-refractivity contribution in [1.82, 2.24) is 19.4 Å². The summed E-state index contributed by atoms with van der Waals surface area (Å²) in [6.07, 6.45) is 3.70. The van der Waals surface area contributed by atoms with Gasteiger partial charge in [0, 0.05) is 41.8 Å². The number of benzene rings is 2. The van der Waals surface area contributed by atoms with Gasteiger partial charge in [0.05, 0.1) is 29.5 Å². The molecule has 0 spiro atoms. The number of aromatic nitrogens is 3. The van der Waals surface area contributed by atoms with Crippen LogP contribution in [0.5, 0.6) is 0 Å². The Morgan fingerprint density at radius 3 is 2.63 bits per heavy atom. The minimum absolute atomic E-state index is 0.103. The van der Waals surface area contributed by atoms with Gasteiger partial charge < -0.3 is 9.67 Å². The van der Waals surface area contributed by atoms with Gasteiger partial charge in [-0.15, -0.1) is 0 Å². The van der Waals surface area contributed by atoms with Gasteiger partial charge in [0.2, 0.25) is 0 Å². The highest BCUT2D eigenvalue weighted by Gasteiger charge is 2.40. The van der Waals surface area contributed by atoms with Crippen LogP contribution in [0.4, 0.5) is 0 Å². The van der Waals surface area contributed by atoms with Crippen molar-refractivity contribution in [2.45, 2.75) is 51.2 Å². The van der Waals surface area contributed by atoms with Crippen molar-refractivity contribution in [3.05, 3.63) is 95.2 Å². The summed E-state index contributed by atoms with van der Waals surface area (Å²) in [6, 6.07) is 22.6. The molecule has 6 nitrogen and oxygen atoms in total. The number of aliphatic hydroxyl groups is 1. The van der Waals surface area contributed by atoms with Gasteiger partial charge in [-0.25, -0.2) is 4.98 Å². The Morgan fingerprint density at radius 1 is 1.09 bits per heavy atom. The summed E-state index contributed by atoms with van der Waals surface area (Å²) < 4.78 is 2.26. The number of nitriles is 1. The molecule has 2 aromatic carbocycles. The van der Waals surface area contributed by atoms with Crippen molar-refractivity contribution in [3.63, 3.8) is 0 Å². The van der Waals surface area contributed by atoms with Crippen LogP contribution in [0.15, 0.2) is 66.9 Å². The van der Waals surface area contributed by atoms with Gasteiger partial charge >= 0.3 is 0 Å². The summed E-state index contributed by atoms with van der Waals surface area (Å²) in [7, 11) is 0. The number of hydrogen-bond acceptors (Lipinski definition) is 5. The summed E-state index contributed by atoms with van der Waals surface area (Å²) in [5.74, 6) is 0.985. The molecule has 0 amide bonds. The molecule has 2 unspecified atom stereocenters. The molecular weight excluding hydrogens is 434 g/mol. The van der Waals surface area contributed by atoms with E-state index in [1.165, 1.54) is 5.69 Å². The Balaban J connectivity index is 1.33. The number of aliphatic hydroxyl groups excluding tert-OH is 1. The van der Waals surface area contributed by atoms with Gasteiger partial charge in [-0.2, -0.15) is 5.26 Å². The zero-order chi connectivity index (χ0) is 24.4. The summed E-state index contributed by atoms with van der Waals surface area (Å²) in [5.41, 5.74) is 4.66. The first-order chi connectivity index (χ1) is 17.0. The number of imidazole rings is 1. The normalized spacial score (nSPS) is 20.7. The van der Waals surface area contributed by atoms with Crippen LogP contribution in [0.25, 0.3) is 10.9 Å². The third-order valence-corrected chi connectivity index (χ3v) is 7.56. The topological polar surface area (TPSA) is 78.0 Å². The third-order valence-electron chi connectivity index (χ3n) is 7.56. The summed E-state index contributed by atoms with van der Waals surface area (Å²) >= 11 is 0. The zero-order valence-electron chi connectivity index (χ0n) is 20.4. The molecule has 3 heterocycles. The molecule has 35 heavy (non-hydrogen) atoms. The summed E-state index contributed by atoms with van der Waals surface area (Å²) in [6.45, 7) is 6.82. The highest BCUT2D eigenvalue weighted by Crippen LogP contribution is 2.38. The van der Waals surface area contributed by atoms with Crippen molar-refractivity contribution in [2.75, 3.05) is 13.2 Å². The van der Waals surface area contributed by atoms with E-state index in [1.54, 1.807) is 0 Å². The van der Waals surface area contributed by atoms with Crippen molar-refractivity contribution in [1.29, 1.82) is 5.26 Å². The van der Waals surface area contributed by atoms with E-state index in [4.69, 9.17) is 10.2 Å². The second kappa shape index (κ2) is 9.61. The minimum atomic E-state index is -0.321. The largest absolute Gasteiger partial charge is 0.395 e. The standard InChI is InChI=1S/C29H31N5O/c1-21-15-29(20-35,28-12-11-25-5-3-4-6-27(25)32-28)13-14-33(21)19-26-17-31-22(2)34(26)18-24-9-7-23(16-30)8-10-24/h3-12,17,21,35H,13-15,18-20H2,1-2H3. The van der Waals surface area contributed by atoms with Crippen molar-refractivity contribution in [3.8, 4) is 6.07 Å². The molecular formula is C29H31N5O. The Labute approximate surface area is 206 Å². The van der Waals surface area contributed by atoms with E-state index in [9.17, 15) is 5.11 Å². The van der Waals surface area contributed by atoms with E-state index in [2.05, 4.69) is 45.6 Å². The number of pyridine rings is 1. The second-order valence-electron chi connectivity index (χ2n) is 9.79. The fraction of sp³-hybridized carbons (Fsp3) is 0.345. The number of fused-ring (bicyclic) bond motifs is 1. The number of rotatable bonds is 6. The first-order valence-corrected chi connectivity index (χ1v) is 12.2. The average molecular weight is 466 g/mol. The Hall–Kier alpha value is -3.53. The number of piperidine rings is 1. The molecule has 2 atom stereocenters. The first-order valence-electron chi connectivity index (χ1n) is 12.2. The van der Waals surface area contributed by atoms with Crippen LogP contribution in [0, 0.1) is 18.3 Å². The molecule has 0 radical (unpaired) electrons. The van der Waals surface area contributed by atoms with E-state index in [0.717, 1.165) is 60.5 Å². The van der Waals surface area contributed by atoms with Gasteiger partial charge in [0.15, 0.2) is 0 Å². The van der Waals surface area contributed by atoms with E-state index in [1.807, 2.05) is 55.6 Å². The maximum atomic E-state index is 10.5. The molecule has 1 fully saturated rings. The Bertz CT molecular complexity index is 1370. The van der Waals surface area contributed by atoms with Crippen molar-refractivity contribution in [2.24, 2.45) is 0 Å². The van der Waals surface area contributed by atoms with Crippen molar-refractivity contribution >= 4 is 10.9 Å². The maximum Gasteiger partial charge on any atom is 0.106 e. The van der Waals surface area contributed by atoms with Gasteiger partial charge in [0.1, 0.15) is 5.82 Å². The van der Waals surface area contributed by atoms with E-state index in [-0.39, 0.29) is 12.0 Å². The molecule has 0 aliphatic carbocycles. The SMILES string of the molecule is Cc1ncc(CN2CCC(CO)(c3ccc4ccccc4n3)CC2C)n1Cc1ccc(C#N)cc1. The number of nitrogens with zero attached hydrogens (tertiary/aromatic N) is 5. The lowest BCUT2D eigenvalue weighted by atomic mass is 9.73.